The number of hydrogen-bond acceptors (Lipinski definition) is 2. The Kier molecular flexibility index (Phi) is 3.94. The molecule has 3 rings (SSSR count). The first-order valence-corrected chi connectivity index (χ1v) is 7.91. The molecule has 1 atom stereocenters. The van der Waals surface area contributed by atoms with Gasteiger partial charge in [0, 0.05) is 25.8 Å². The molecular weight excluding hydrogens is 314 g/mol. The van der Waals surface area contributed by atoms with Gasteiger partial charge in [0.05, 0.1) is 10.2 Å². The average molecular weight is 334 g/mol. The Hall–Kier alpha value is -1.13. The van der Waals surface area contributed by atoms with Crippen molar-refractivity contribution in [3.8, 4) is 0 Å². The number of aromatic nitrogens is 2. The van der Waals surface area contributed by atoms with Crippen LogP contribution in [0.5, 0.6) is 0 Å². The molecule has 20 heavy (non-hydrogen) atoms. The van der Waals surface area contributed by atoms with Crippen LogP contribution >= 0.6 is 15.9 Å². The molecule has 1 unspecified atom stereocenters. The van der Waals surface area contributed by atoms with E-state index in [0.717, 1.165) is 22.6 Å². The standard InChI is InChI=1S/C16H20BrN3/c1-11-5-3-4-6-13(11)16(12-7-8-12)18-9-15-14(17)10-20(2)19-15/h3-6,10,12,16,18H,7-9H2,1-2H3. The fourth-order valence-electron chi connectivity index (χ4n) is 2.73. The van der Waals surface area contributed by atoms with Crippen LogP contribution in [0.15, 0.2) is 34.9 Å². The van der Waals surface area contributed by atoms with E-state index in [-0.39, 0.29) is 0 Å². The zero-order chi connectivity index (χ0) is 14.1. The summed E-state index contributed by atoms with van der Waals surface area (Å²) in [6.45, 7) is 3.00. The highest BCUT2D eigenvalue weighted by Gasteiger charge is 2.32. The first kappa shape index (κ1) is 13.8. The van der Waals surface area contributed by atoms with Gasteiger partial charge >= 0.3 is 0 Å². The SMILES string of the molecule is Cc1ccccc1C(NCc1nn(C)cc1Br)C1CC1. The topological polar surface area (TPSA) is 29.9 Å². The van der Waals surface area contributed by atoms with Gasteiger partial charge in [-0.15, -0.1) is 0 Å². The maximum absolute atomic E-state index is 4.49. The molecule has 1 heterocycles. The molecule has 4 heteroatoms. The third kappa shape index (κ3) is 2.96. The molecule has 0 saturated heterocycles. The summed E-state index contributed by atoms with van der Waals surface area (Å²) in [5.74, 6) is 0.776. The molecule has 1 saturated carbocycles. The van der Waals surface area contributed by atoms with Crippen LogP contribution in [0.2, 0.25) is 0 Å². The molecule has 1 aliphatic rings. The van der Waals surface area contributed by atoms with Crippen molar-refractivity contribution >= 4 is 15.9 Å². The van der Waals surface area contributed by atoms with Crippen molar-refractivity contribution in [2.24, 2.45) is 13.0 Å². The van der Waals surface area contributed by atoms with Crippen LogP contribution in [0.4, 0.5) is 0 Å². The molecule has 0 radical (unpaired) electrons. The van der Waals surface area contributed by atoms with E-state index < -0.39 is 0 Å². The van der Waals surface area contributed by atoms with Crippen molar-refractivity contribution in [3.63, 3.8) is 0 Å². The average Bonchev–Trinajstić information content (AvgIpc) is 3.19. The van der Waals surface area contributed by atoms with Crippen LogP contribution in [-0.4, -0.2) is 9.78 Å². The van der Waals surface area contributed by atoms with Gasteiger partial charge < -0.3 is 5.32 Å². The third-order valence-electron chi connectivity index (χ3n) is 3.96. The third-order valence-corrected chi connectivity index (χ3v) is 4.62. The summed E-state index contributed by atoms with van der Waals surface area (Å²) in [5, 5.41) is 8.19. The van der Waals surface area contributed by atoms with Crippen molar-refractivity contribution in [3.05, 3.63) is 51.8 Å². The summed E-state index contributed by atoms with van der Waals surface area (Å²) < 4.78 is 2.92. The second-order valence-electron chi connectivity index (χ2n) is 5.65. The predicted octanol–water partition coefficient (Wildman–Crippen LogP) is 3.73. The molecule has 1 N–H and O–H groups in total. The van der Waals surface area contributed by atoms with Gasteiger partial charge in [0.15, 0.2) is 0 Å². The lowest BCUT2D eigenvalue weighted by Crippen LogP contribution is -2.24. The zero-order valence-electron chi connectivity index (χ0n) is 11.9. The monoisotopic (exact) mass is 333 g/mol. The number of halogens is 1. The van der Waals surface area contributed by atoms with Gasteiger partial charge in [0.25, 0.3) is 0 Å². The number of benzene rings is 1. The fourth-order valence-corrected chi connectivity index (χ4v) is 3.24. The number of aryl methyl sites for hydroxylation is 2. The van der Waals surface area contributed by atoms with E-state index in [4.69, 9.17) is 0 Å². The van der Waals surface area contributed by atoms with Crippen LogP contribution in [0.1, 0.15) is 35.7 Å². The van der Waals surface area contributed by atoms with Crippen molar-refractivity contribution in [2.75, 3.05) is 0 Å². The molecular formula is C16H20BrN3. The molecule has 0 aliphatic heterocycles. The van der Waals surface area contributed by atoms with Crippen molar-refractivity contribution in [2.45, 2.75) is 32.4 Å². The molecule has 106 valence electrons. The quantitative estimate of drug-likeness (QED) is 0.903. The second kappa shape index (κ2) is 5.70. The molecule has 0 spiro atoms. The minimum absolute atomic E-state index is 0.449. The summed E-state index contributed by atoms with van der Waals surface area (Å²) in [6, 6.07) is 9.14. The first-order valence-electron chi connectivity index (χ1n) is 7.12. The van der Waals surface area contributed by atoms with Crippen molar-refractivity contribution in [1.29, 1.82) is 0 Å². The second-order valence-corrected chi connectivity index (χ2v) is 6.50. The highest BCUT2D eigenvalue weighted by Crippen LogP contribution is 2.42. The van der Waals surface area contributed by atoms with Crippen molar-refractivity contribution < 1.29 is 0 Å². The minimum atomic E-state index is 0.449. The largest absolute Gasteiger partial charge is 0.304 e. The van der Waals surface area contributed by atoms with E-state index in [1.807, 2.05) is 17.9 Å². The Labute approximate surface area is 128 Å². The maximum Gasteiger partial charge on any atom is 0.0904 e. The first-order chi connectivity index (χ1) is 9.65. The summed E-state index contributed by atoms with van der Waals surface area (Å²) in [7, 11) is 1.95. The van der Waals surface area contributed by atoms with Gasteiger partial charge in [0.1, 0.15) is 0 Å². The van der Waals surface area contributed by atoms with Gasteiger partial charge in [-0.1, -0.05) is 24.3 Å². The number of rotatable bonds is 5. The molecule has 1 aromatic heterocycles. The molecule has 1 aromatic carbocycles. The molecule has 3 nitrogen and oxygen atoms in total. The Morgan fingerprint density at radius 2 is 2.15 bits per heavy atom. The summed E-state index contributed by atoms with van der Waals surface area (Å²) in [5.41, 5.74) is 3.88. The Morgan fingerprint density at radius 1 is 1.40 bits per heavy atom. The van der Waals surface area contributed by atoms with Gasteiger partial charge in [-0.05, 0) is 52.7 Å². The van der Waals surface area contributed by atoms with E-state index in [0.29, 0.717) is 6.04 Å². The fraction of sp³-hybridized carbons (Fsp3) is 0.438. The highest BCUT2D eigenvalue weighted by molar-refractivity contribution is 9.10. The van der Waals surface area contributed by atoms with Crippen LogP contribution in [0, 0.1) is 12.8 Å². The smallest absolute Gasteiger partial charge is 0.0904 e. The van der Waals surface area contributed by atoms with Gasteiger partial charge in [-0.2, -0.15) is 5.10 Å². The van der Waals surface area contributed by atoms with Gasteiger partial charge in [-0.3, -0.25) is 4.68 Å². The summed E-state index contributed by atoms with van der Waals surface area (Å²) >= 11 is 3.57. The number of nitrogens with one attached hydrogen (secondary N) is 1. The highest BCUT2D eigenvalue weighted by atomic mass is 79.9. The Bertz CT molecular complexity index is 602. The minimum Gasteiger partial charge on any atom is -0.304 e. The van der Waals surface area contributed by atoms with Crippen LogP contribution in [-0.2, 0) is 13.6 Å². The molecule has 0 bridgehead atoms. The molecule has 2 aromatic rings. The number of hydrogen-bond donors (Lipinski definition) is 1. The van der Waals surface area contributed by atoms with Crippen LogP contribution < -0.4 is 5.32 Å². The van der Waals surface area contributed by atoms with E-state index in [1.165, 1.54) is 24.0 Å². The summed E-state index contributed by atoms with van der Waals surface area (Å²) in [6.07, 6.45) is 4.65. The van der Waals surface area contributed by atoms with E-state index in [1.54, 1.807) is 0 Å². The lowest BCUT2D eigenvalue weighted by atomic mass is 9.97. The molecule has 1 fully saturated rings. The van der Waals surface area contributed by atoms with Crippen LogP contribution in [0.3, 0.4) is 0 Å². The van der Waals surface area contributed by atoms with Gasteiger partial charge in [0.2, 0.25) is 0 Å². The summed E-state index contributed by atoms with van der Waals surface area (Å²) in [4.78, 5) is 0. The van der Waals surface area contributed by atoms with E-state index in [2.05, 4.69) is 57.5 Å². The maximum atomic E-state index is 4.49. The zero-order valence-corrected chi connectivity index (χ0v) is 13.5. The van der Waals surface area contributed by atoms with Gasteiger partial charge in [-0.25, -0.2) is 0 Å². The number of nitrogens with zero attached hydrogens (tertiary/aromatic N) is 2. The Morgan fingerprint density at radius 3 is 2.75 bits per heavy atom. The molecule has 0 amide bonds. The normalized spacial score (nSPS) is 16.4. The lowest BCUT2D eigenvalue weighted by molar-refractivity contribution is 0.472. The van der Waals surface area contributed by atoms with Crippen molar-refractivity contribution in [1.82, 2.24) is 15.1 Å². The Balaban J connectivity index is 1.76. The van der Waals surface area contributed by atoms with E-state index in [9.17, 15) is 0 Å². The predicted molar refractivity (Wildman–Crippen MR) is 84.4 cm³/mol. The lowest BCUT2D eigenvalue weighted by Gasteiger charge is -2.20. The van der Waals surface area contributed by atoms with E-state index >= 15 is 0 Å². The van der Waals surface area contributed by atoms with Crippen LogP contribution in [0.25, 0.3) is 0 Å². The molecule has 1 aliphatic carbocycles.